The molecule has 0 radical (unpaired) electrons. The molecule has 140 valence electrons. The molecule has 1 N–H and O–H groups in total. The van der Waals surface area contributed by atoms with Crippen LogP contribution in [0.4, 0.5) is 0 Å². The molecule has 0 unspecified atom stereocenters. The Bertz CT molecular complexity index is 705. The summed E-state index contributed by atoms with van der Waals surface area (Å²) in [4.78, 5) is 12.2. The second-order valence-corrected chi connectivity index (χ2v) is 6.45. The maximum absolute atomic E-state index is 12.2. The van der Waals surface area contributed by atoms with Crippen LogP contribution in [0, 0.1) is 0 Å². The largest absolute Gasteiger partial charge is 0.493 e. The van der Waals surface area contributed by atoms with Crippen molar-refractivity contribution in [3.05, 3.63) is 59.1 Å². The van der Waals surface area contributed by atoms with Crippen LogP contribution in [0.2, 0.25) is 5.02 Å². The van der Waals surface area contributed by atoms with E-state index in [4.69, 9.17) is 21.1 Å². The summed E-state index contributed by atoms with van der Waals surface area (Å²) in [6, 6.07) is 15.2. The maximum Gasteiger partial charge on any atom is 0.260 e. The summed E-state index contributed by atoms with van der Waals surface area (Å²) in [6.07, 6.45) is 2.06. The minimum Gasteiger partial charge on any atom is -0.493 e. The summed E-state index contributed by atoms with van der Waals surface area (Å²) in [5.41, 5.74) is 1.16. The van der Waals surface area contributed by atoms with Gasteiger partial charge < -0.3 is 14.8 Å². The Morgan fingerprint density at radius 2 is 1.81 bits per heavy atom. The van der Waals surface area contributed by atoms with E-state index in [0.29, 0.717) is 23.9 Å². The summed E-state index contributed by atoms with van der Waals surface area (Å²) < 4.78 is 11.4. The Morgan fingerprint density at radius 3 is 2.54 bits per heavy atom. The number of halogens is 1. The van der Waals surface area contributed by atoms with Gasteiger partial charge in [-0.3, -0.25) is 4.79 Å². The first-order valence-electron chi connectivity index (χ1n) is 9.01. The summed E-state index contributed by atoms with van der Waals surface area (Å²) >= 11 is 6.05. The van der Waals surface area contributed by atoms with Gasteiger partial charge in [0.05, 0.1) is 11.6 Å². The highest BCUT2D eigenvalue weighted by Gasteiger charge is 2.15. The van der Waals surface area contributed by atoms with E-state index in [2.05, 4.69) is 18.3 Å². The predicted molar refractivity (Wildman–Crippen MR) is 105 cm³/mol. The lowest BCUT2D eigenvalue weighted by Gasteiger charge is -2.16. The third kappa shape index (κ3) is 6.26. The van der Waals surface area contributed by atoms with Crippen LogP contribution in [0.25, 0.3) is 0 Å². The Balaban J connectivity index is 1.75. The molecule has 0 aliphatic rings. The van der Waals surface area contributed by atoms with Gasteiger partial charge in [-0.15, -0.1) is 0 Å². The van der Waals surface area contributed by atoms with Crippen LogP contribution in [0.5, 0.6) is 11.5 Å². The molecule has 1 atom stereocenters. The Hall–Kier alpha value is -2.20. The highest BCUT2D eigenvalue weighted by atomic mass is 35.5. The van der Waals surface area contributed by atoms with Crippen LogP contribution in [0.3, 0.4) is 0 Å². The number of hydrogen-bond acceptors (Lipinski definition) is 3. The molecule has 4 nitrogen and oxygen atoms in total. The Morgan fingerprint density at radius 1 is 1.12 bits per heavy atom. The SMILES string of the molecule is CCCOc1ccccc1CCCNC(=O)[C@@H](C)Oc1ccccc1Cl. The van der Waals surface area contributed by atoms with Gasteiger partial charge in [-0.25, -0.2) is 0 Å². The molecule has 0 bridgehead atoms. The highest BCUT2D eigenvalue weighted by molar-refractivity contribution is 6.32. The second kappa shape index (κ2) is 10.7. The first-order valence-corrected chi connectivity index (χ1v) is 9.39. The van der Waals surface area contributed by atoms with E-state index in [-0.39, 0.29) is 5.91 Å². The van der Waals surface area contributed by atoms with E-state index in [1.807, 2.05) is 30.3 Å². The quantitative estimate of drug-likeness (QED) is 0.615. The third-order valence-electron chi connectivity index (χ3n) is 3.87. The van der Waals surface area contributed by atoms with Crippen LogP contribution in [0.15, 0.2) is 48.5 Å². The second-order valence-electron chi connectivity index (χ2n) is 6.04. The number of rotatable bonds is 10. The predicted octanol–water partition coefficient (Wildman–Crippen LogP) is 4.65. The molecule has 26 heavy (non-hydrogen) atoms. The maximum atomic E-state index is 12.2. The summed E-state index contributed by atoms with van der Waals surface area (Å²) in [6.45, 7) is 5.10. The van der Waals surface area contributed by atoms with E-state index in [9.17, 15) is 4.79 Å². The minimum atomic E-state index is -0.602. The van der Waals surface area contributed by atoms with Crippen LogP contribution < -0.4 is 14.8 Å². The van der Waals surface area contributed by atoms with Crippen LogP contribution >= 0.6 is 11.6 Å². The molecule has 0 aliphatic heterocycles. The molecule has 1 amide bonds. The van der Waals surface area contributed by atoms with Crippen LogP contribution in [-0.4, -0.2) is 25.2 Å². The molecule has 0 heterocycles. The standard InChI is InChI=1S/C21H26ClNO3/c1-3-15-25-19-12-6-4-9-17(19)10-8-14-23-21(24)16(2)26-20-13-7-5-11-18(20)22/h4-7,9,11-13,16H,3,8,10,14-15H2,1-2H3,(H,23,24)/t16-/m1/s1. The van der Waals surface area contributed by atoms with Gasteiger partial charge in [0.1, 0.15) is 11.5 Å². The van der Waals surface area contributed by atoms with Gasteiger partial charge in [-0.2, -0.15) is 0 Å². The first kappa shape index (κ1) is 20.1. The molecule has 0 aliphatic carbocycles. The van der Waals surface area contributed by atoms with Gasteiger partial charge in [-0.1, -0.05) is 48.9 Å². The number of carbonyl (C=O) groups excluding carboxylic acids is 1. The molecule has 0 saturated carbocycles. The van der Waals surface area contributed by atoms with E-state index < -0.39 is 6.10 Å². The summed E-state index contributed by atoms with van der Waals surface area (Å²) in [7, 11) is 0. The number of amides is 1. The number of nitrogens with one attached hydrogen (secondary N) is 1. The zero-order valence-electron chi connectivity index (χ0n) is 15.3. The van der Waals surface area contributed by atoms with Crippen LogP contribution in [0.1, 0.15) is 32.3 Å². The van der Waals surface area contributed by atoms with E-state index in [1.54, 1.807) is 19.1 Å². The van der Waals surface area contributed by atoms with Gasteiger partial charge in [0.2, 0.25) is 0 Å². The van der Waals surface area contributed by atoms with Crippen molar-refractivity contribution in [2.45, 2.75) is 39.2 Å². The molecular weight excluding hydrogens is 350 g/mol. The van der Waals surface area contributed by atoms with Crippen molar-refractivity contribution in [3.8, 4) is 11.5 Å². The van der Waals surface area contributed by atoms with E-state index >= 15 is 0 Å². The average Bonchev–Trinajstić information content (AvgIpc) is 2.65. The zero-order valence-corrected chi connectivity index (χ0v) is 16.1. The zero-order chi connectivity index (χ0) is 18.8. The van der Waals surface area contributed by atoms with Gasteiger partial charge in [0, 0.05) is 6.54 Å². The number of ether oxygens (including phenoxy) is 2. The van der Waals surface area contributed by atoms with Gasteiger partial charge >= 0.3 is 0 Å². The smallest absolute Gasteiger partial charge is 0.260 e. The van der Waals surface area contributed by atoms with E-state index in [0.717, 1.165) is 30.6 Å². The van der Waals surface area contributed by atoms with Crippen molar-refractivity contribution in [2.75, 3.05) is 13.2 Å². The number of carbonyl (C=O) groups is 1. The van der Waals surface area contributed by atoms with Crippen molar-refractivity contribution >= 4 is 17.5 Å². The monoisotopic (exact) mass is 375 g/mol. The number of hydrogen-bond donors (Lipinski definition) is 1. The molecule has 2 aromatic carbocycles. The average molecular weight is 376 g/mol. The Kier molecular flexibility index (Phi) is 8.29. The van der Waals surface area contributed by atoms with Crippen molar-refractivity contribution in [1.29, 1.82) is 0 Å². The fourth-order valence-electron chi connectivity index (χ4n) is 2.48. The normalized spacial score (nSPS) is 11.7. The number of para-hydroxylation sites is 2. The number of aryl methyl sites for hydroxylation is 1. The van der Waals surface area contributed by atoms with Crippen molar-refractivity contribution in [1.82, 2.24) is 5.32 Å². The fraction of sp³-hybridized carbons (Fsp3) is 0.381. The topological polar surface area (TPSA) is 47.6 Å². The van der Waals surface area contributed by atoms with Gasteiger partial charge in [0.15, 0.2) is 6.10 Å². The third-order valence-corrected chi connectivity index (χ3v) is 4.18. The lowest BCUT2D eigenvalue weighted by atomic mass is 10.1. The van der Waals surface area contributed by atoms with Crippen molar-refractivity contribution in [2.24, 2.45) is 0 Å². The van der Waals surface area contributed by atoms with E-state index in [1.165, 1.54) is 0 Å². The van der Waals surface area contributed by atoms with Crippen molar-refractivity contribution in [3.63, 3.8) is 0 Å². The fourth-order valence-corrected chi connectivity index (χ4v) is 2.66. The lowest BCUT2D eigenvalue weighted by Crippen LogP contribution is -2.37. The Labute approximate surface area is 160 Å². The molecule has 0 aromatic heterocycles. The molecule has 0 spiro atoms. The molecule has 5 heteroatoms. The summed E-state index contributed by atoms with van der Waals surface area (Å²) in [5, 5.41) is 3.40. The molecule has 0 fully saturated rings. The van der Waals surface area contributed by atoms with Gasteiger partial charge in [-0.05, 0) is 49.9 Å². The highest BCUT2D eigenvalue weighted by Crippen LogP contribution is 2.24. The minimum absolute atomic E-state index is 0.152. The molecule has 2 aromatic rings. The van der Waals surface area contributed by atoms with Gasteiger partial charge in [0.25, 0.3) is 5.91 Å². The lowest BCUT2D eigenvalue weighted by molar-refractivity contribution is -0.127. The molecule has 2 rings (SSSR count). The summed E-state index contributed by atoms with van der Waals surface area (Å²) in [5.74, 6) is 1.29. The first-order chi connectivity index (χ1) is 12.6. The molecule has 0 saturated heterocycles. The van der Waals surface area contributed by atoms with Crippen LogP contribution in [-0.2, 0) is 11.2 Å². The molecular formula is C21H26ClNO3. The number of benzene rings is 2. The van der Waals surface area contributed by atoms with Crippen molar-refractivity contribution < 1.29 is 14.3 Å².